The average Bonchev–Trinajstić information content (AvgIpc) is 2.52. The second-order valence-corrected chi connectivity index (χ2v) is 8.22. The normalized spacial score (nSPS) is 15.3. The van der Waals surface area contributed by atoms with E-state index in [9.17, 15) is 14.3 Å². The molecule has 0 aliphatic carbocycles. The largest absolute Gasteiger partial charge is 0.471 e. The van der Waals surface area contributed by atoms with E-state index in [1.807, 2.05) is 6.92 Å². The second kappa shape index (κ2) is 14.4. The van der Waals surface area contributed by atoms with Crippen LogP contribution in [-0.2, 0) is 23.1 Å². The van der Waals surface area contributed by atoms with Crippen molar-refractivity contribution in [3.05, 3.63) is 0 Å². The molecule has 0 radical (unpaired) electrons. The van der Waals surface area contributed by atoms with Crippen molar-refractivity contribution < 1.29 is 28.0 Å². The Morgan fingerprint density at radius 2 is 1.83 bits per heavy atom. The number of rotatable bonds is 15. The van der Waals surface area contributed by atoms with Gasteiger partial charge >= 0.3 is 7.82 Å². The molecule has 0 aliphatic rings. The second-order valence-electron chi connectivity index (χ2n) is 5.30. The van der Waals surface area contributed by atoms with Crippen molar-refractivity contribution in [3.8, 4) is 0 Å². The average molecular weight is 370 g/mol. The molecule has 0 spiro atoms. The Labute approximate surface area is 144 Å². The van der Waals surface area contributed by atoms with Crippen LogP contribution in [0.4, 0.5) is 0 Å². The summed E-state index contributed by atoms with van der Waals surface area (Å²) in [5.41, 5.74) is 0. The summed E-state index contributed by atoms with van der Waals surface area (Å²) in [6, 6.07) is 0. The van der Waals surface area contributed by atoms with Gasteiger partial charge in [-0.3, -0.25) is 13.8 Å². The summed E-state index contributed by atoms with van der Waals surface area (Å²) in [5.74, 6) is 0. The molecule has 2 atom stereocenters. The van der Waals surface area contributed by atoms with E-state index in [4.69, 9.17) is 9.26 Å². The Balaban J connectivity index is 4.16. The van der Waals surface area contributed by atoms with Gasteiger partial charge in [-0.05, 0) is 12.8 Å². The smallest absolute Gasteiger partial charge is 0.380 e. The van der Waals surface area contributed by atoms with Crippen LogP contribution in [0.25, 0.3) is 0 Å². The van der Waals surface area contributed by atoms with Crippen molar-refractivity contribution in [1.82, 2.24) is 0 Å². The quantitative estimate of drug-likeness (QED) is 0.342. The van der Waals surface area contributed by atoms with Gasteiger partial charge in [0, 0.05) is 20.1 Å². The van der Waals surface area contributed by atoms with Gasteiger partial charge in [0.2, 0.25) is 0 Å². The topological polar surface area (TPSA) is 82.1 Å². The first-order chi connectivity index (χ1) is 10.9. The third-order valence-electron chi connectivity index (χ3n) is 3.09. The predicted octanol–water partition coefficient (Wildman–Crippen LogP) is 4.17. The van der Waals surface area contributed by atoms with Gasteiger partial charge in [-0.2, -0.15) is 0 Å². The number of carbonyl (C=O) groups is 1. The van der Waals surface area contributed by atoms with Crippen LogP contribution in [0.2, 0.25) is 0 Å². The van der Waals surface area contributed by atoms with Crippen LogP contribution in [0.1, 0.15) is 58.8 Å². The molecule has 8 heteroatoms. The van der Waals surface area contributed by atoms with Gasteiger partial charge in [0.05, 0.1) is 18.5 Å². The Morgan fingerprint density at radius 1 is 1.13 bits per heavy atom. The Bertz CT molecular complexity index is 353. The molecular formula is C15H31O6PS. The molecule has 0 saturated heterocycles. The molecule has 0 amide bonds. The SMILES string of the molecule is CCCCCCCC(=O)S[C@H](COCCC)COP(=O)(O)OC. The maximum absolute atomic E-state index is 12.0. The monoisotopic (exact) mass is 370 g/mol. The highest BCUT2D eigenvalue weighted by Crippen LogP contribution is 2.42. The Hall–Kier alpha value is 0.0900. The molecule has 0 rings (SSSR count). The summed E-state index contributed by atoms with van der Waals surface area (Å²) in [6.45, 7) is 4.99. The van der Waals surface area contributed by atoms with Gasteiger partial charge in [-0.1, -0.05) is 51.3 Å². The molecule has 0 fully saturated rings. The highest BCUT2D eigenvalue weighted by molar-refractivity contribution is 8.14. The molecule has 138 valence electrons. The van der Waals surface area contributed by atoms with E-state index in [-0.39, 0.29) is 17.0 Å². The summed E-state index contributed by atoms with van der Waals surface area (Å²) in [6.07, 6.45) is 6.86. The predicted molar refractivity (Wildman–Crippen MR) is 93.7 cm³/mol. The van der Waals surface area contributed by atoms with E-state index in [0.29, 0.717) is 19.6 Å². The third kappa shape index (κ3) is 14.2. The van der Waals surface area contributed by atoms with Gasteiger partial charge < -0.3 is 9.63 Å². The number of unbranched alkanes of at least 4 members (excludes halogenated alkanes) is 4. The molecule has 0 aliphatic heterocycles. The van der Waals surface area contributed by atoms with Crippen LogP contribution in [0, 0.1) is 0 Å². The van der Waals surface area contributed by atoms with E-state index in [1.54, 1.807) is 0 Å². The maximum atomic E-state index is 12.0. The van der Waals surface area contributed by atoms with E-state index >= 15 is 0 Å². The summed E-state index contributed by atoms with van der Waals surface area (Å²) in [7, 11) is -2.91. The van der Waals surface area contributed by atoms with Crippen molar-refractivity contribution in [2.24, 2.45) is 0 Å². The van der Waals surface area contributed by atoms with E-state index in [1.165, 1.54) is 12.8 Å². The molecule has 6 nitrogen and oxygen atoms in total. The molecule has 0 aromatic carbocycles. The zero-order chi connectivity index (χ0) is 17.6. The molecule has 1 unspecified atom stereocenters. The van der Waals surface area contributed by atoms with Crippen molar-refractivity contribution in [1.29, 1.82) is 0 Å². The van der Waals surface area contributed by atoms with Crippen LogP contribution in [0.5, 0.6) is 0 Å². The number of phosphoric ester groups is 1. The summed E-state index contributed by atoms with van der Waals surface area (Å²) in [5, 5.41) is -0.235. The van der Waals surface area contributed by atoms with Crippen molar-refractivity contribution in [2.75, 3.05) is 26.9 Å². The highest BCUT2D eigenvalue weighted by Gasteiger charge is 2.23. The molecule has 23 heavy (non-hydrogen) atoms. The van der Waals surface area contributed by atoms with Gasteiger partial charge in [0.25, 0.3) is 0 Å². The summed E-state index contributed by atoms with van der Waals surface area (Å²) in [4.78, 5) is 21.3. The fourth-order valence-corrected chi connectivity index (χ4v) is 3.33. The van der Waals surface area contributed by atoms with Gasteiger partial charge in [-0.25, -0.2) is 4.57 Å². The van der Waals surface area contributed by atoms with E-state index in [2.05, 4.69) is 11.4 Å². The number of thioether (sulfide) groups is 1. The van der Waals surface area contributed by atoms with Gasteiger partial charge in [-0.15, -0.1) is 0 Å². The minimum atomic E-state index is -4.02. The number of carbonyl (C=O) groups excluding carboxylic acids is 1. The van der Waals surface area contributed by atoms with Crippen LogP contribution in [0.3, 0.4) is 0 Å². The fourth-order valence-electron chi connectivity index (χ4n) is 1.82. The first-order valence-electron chi connectivity index (χ1n) is 8.25. The van der Waals surface area contributed by atoms with Gasteiger partial charge in [0.15, 0.2) is 5.12 Å². The van der Waals surface area contributed by atoms with Crippen LogP contribution in [0.15, 0.2) is 0 Å². The van der Waals surface area contributed by atoms with E-state index < -0.39 is 7.82 Å². The lowest BCUT2D eigenvalue weighted by Gasteiger charge is -2.17. The van der Waals surface area contributed by atoms with E-state index in [0.717, 1.165) is 44.6 Å². The van der Waals surface area contributed by atoms with Crippen LogP contribution >= 0.6 is 19.6 Å². The third-order valence-corrected chi connectivity index (χ3v) is 5.10. The first-order valence-corrected chi connectivity index (χ1v) is 10.6. The van der Waals surface area contributed by atoms with Crippen LogP contribution < -0.4 is 0 Å². The Morgan fingerprint density at radius 3 is 2.43 bits per heavy atom. The number of hydrogen-bond donors (Lipinski definition) is 1. The molecule has 0 heterocycles. The summed E-state index contributed by atoms with van der Waals surface area (Å²) >= 11 is 1.13. The Kier molecular flexibility index (Phi) is 14.5. The number of phosphoric acid groups is 1. The van der Waals surface area contributed by atoms with Crippen molar-refractivity contribution in [2.45, 2.75) is 64.0 Å². The molecule has 0 aromatic heterocycles. The fraction of sp³-hybridized carbons (Fsp3) is 0.933. The lowest BCUT2D eigenvalue weighted by atomic mass is 10.1. The standard InChI is InChI=1S/C15H31O6PS/c1-4-6-7-8-9-10-15(16)23-14(12-20-11-5-2)13-21-22(17,18)19-3/h14H,4-13H2,1-3H3,(H,17,18)/t14-/m1/s1. The maximum Gasteiger partial charge on any atom is 0.471 e. The molecule has 0 aromatic rings. The minimum absolute atomic E-state index is 0.0580. The zero-order valence-corrected chi connectivity index (χ0v) is 16.2. The molecule has 0 saturated carbocycles. The lowest BCUT2D eigenvalue weighted by Crippen LogP contribution is -2.21. The highest BCUT2D eigenvalue weighted by atomic mass is 32.2. The number of ether oxygens (including phenoxy) is 1. The zero-order valence-electron chi connectivity index (χ0n) is 14.5. The molecule has 1 N–H and O–H groups in total. The first kappa shape index (κ1) is 23.1. The van der Waals surface area contributed by atoms with Crippen molar-refractivity contribution >= 4 is 24.7 Å². The lowest BCUT2D eigenvalue weighted by molar-refractivity contribution is -0.111. The molecule has 0 bridgehead atoms. The van der Waals surface area contributed by atoms with Crippen molar-refractivity contribution in [3.63, 3.8) is 0 Å². The number of hydrogen-bond acceptors (Lipinski definition) is 6. The van der Waals surface area contributed by atoms with Gasteiger partial charge in [0.1, 0.15) is 0 Å². The van der Waals surface area contributed by atoms with Crippen LogP contribution in [-0.4, -0.2) is 42.2 Å². The summed E-state index contributed by atoms with van der Waals surface area (Å²) < 4.78 is 26.0. The minimum Gasteiger partial charge on any atom is -0.380 e. The molecular weight excluding hydrogens is 339 g/mol.